The van der Waals surface area contributed by atoms with Gasteiger partial charge < -0.3 is 39.3 Å². The van der Waals surface area contributed by atoms with Gasteiger partial charge in [-0.05, 0) is 152 Å². The molecule has 4 N–H and O–H groups in total. The molecule has 0 spiro atoms. The predicted molar refractivity (Wildman–Crippen MR) is 353 cm³/mol. The number of piperidine rings is 2. The molecule has 0 aliphatic carbocycles. The number of halogens is 1. The van der Waals surface area contributed by atoms with Crippen LogP contribution in [-0.4, -0.2) is 171 Å². The molecule has 5 saturated heterocycles. The van der Waals surface area contributed by atoms with Gasteiger partial charge in [0.2, 0.25) is 26.0 Å². The number of carbonyl (C=O) groups excluding carboxylic acids is 1. The van der Waals surface area contributed by atoms with E-state index in [1.165, 1.54) is 67.6 Å². The molecular formula is C66H80ClN13O6S2. The number of benzene rings is 4. The number of pyridine rings is 1. The lowest BCUT2D eigenvalue weighted by molar-refractivity contribution is -0.129. The maximum atomic E-state index is 11.8. The molecule has 0 saturated carbocycles. The second-order valence-corrected chi connectivity index (χ2v) is 28.1. The van der Waals surface area contributed by atoms with Gasteiger partial charge in [0.25, 0.3) is 0 Å². The molecule has 88 heavy (non-hydrogen) atoms. The van der Waals surface area contributed by atoms with Crippen molar-refractivity contribution in [3.63, 3.8) is 0 Å². The number of fused-ring (bicyclic) bond motifs is 4. The maximum Gasteiger partial charge on any atom is 0.219 e. The molecule has 4 aromatic carbocycles. The van der Waals surface area contributed by atoms with E-state index >= 15 is 0 Å². The topological polar surface area (TPSA) is 227 Å². The number of hydrogen-bond donors (Lipinski definition) is 4. The van der Waals surface area contributed by atoms with Crippen LogP contribution in [0.15, 0.2) is 116 Å². The molecule has 0 radical (unpaired) electrons. The molecule has 0 atom stereocenters. The third kappa shape index (κ3) is 14.5. The van der Waals surface area contributed by atoms with Crippen molar-refractivity contribution in [1.29, 1.82) is 5.26 Å². The number of nitriles is 1. The molecular weight excluding hydrogens is 1170 g/mol. The van der Waals surface area contributed by atoms with E-state index in [2.05, 4.69) is 112 Å². The number of nitrogens with one attached hydrogen (secondary N) is 4. The Morgan fingerprint density at radius 1 is 0.614 bits per heavy atom. The van der Waals surface area contributed by atoms with Gasteiger partial charge in [0.15, 0.2) is 0 Å². The number of rotatable bonds is 9. The summed E-state index contributed by atoms with van der Waals surface area (Å²) in [6, 6.07) is 31.6. The minimum atomic E-state index is -3.08. The molecule has 9 aromatic rings. The number of anilines is 3. The zero-order valence-electron chi connectivity index (χ0n) is 50.7. The summed E-state index contributed by atoms with van der Waals surface area (Å²) >= 11 is 6.26. The first-order chi connectivity index (χ1) is 42.5. The number of aromatic nitrogens is 6. The second kappa shape index (κ2) is 27.5. The van der Waals surface area contributed by atoms with Crippen LogP contribution in [0, 0.1) is 11.3 Å². The van der Waals surface area contributed by atoms with E-state index in [4.69, 9.17) is 21.6 Å². The van der Waals surface area contributed by atoms with Gasteiger partial charge in [-0.3, -0.25) is 9.89 Å². The molecule has 464 valence electrons. The van der Waals surface area contributed by atoms with Gasteiger partial charge in [0.05, 0.1) is 35.9 Å². The Labute approximate surface area is 521 Å². The molecule has 22 heteroatoms. The van der Waals surface area contributed by atoms with E-state index < -0.39 is 20.0 Å². The third-order valence-electron chi connectivity index (χ3n) is 18.2. The van der Waals surface area contributed by atoms with Crippen molar-refractivity contribution in [3.8, 4) is 6.07 Å². The van der Waals surface area contributed by atoms with Crippen molar-refractivity contribution in [3.05, 3.63) is 149 Å². The minimum Gasteiger partial charge on any atom is -0.381 e. The zero-order valence-corrected chi connectivity index (χ0v) is 53.1. The van der Waals surface area contributed by atoms with Crippen molar-refractivity contribution in [2.45, 2.75) is 76.5 Å². The highest BCUT2D eigenvalue weighted by Crippen LogP contribution is 2.39. The summed E-state index contributed by atoms with van der Waals surface area (Å²) in [5.41, 5.74) is 12.7. The van der Waals surface area contributed by atoms with Gasteiger partial charge in [0.1, 0.15) is 5.82 Å². The zero-order chi connectivity index (χ0) is 61.5. The van der Waals surface area contributed by atoms with E-state index in [1.54, 1.807) is 27.8 Å². The number of amides is 1. The summed E-state index contributed by atoms with van der Waals surface area (Å²) in [4.78, 5) is 34.5. The number of ether oxygens (including phenoxy) is 1. The van der Waals surface area contributed by atoms with Crippen molar-refractivity contribution in [2.24, 2.45) is 0 Å². The molecule has 0 unspecified atom stereocenters. The summed E-state index contributed by atoms with van der Waals surface area (Å²) in [6.45, 7) is 14.8. The van der Waals surface area contributed by atoms with Crippen LogP contribution in [0.4, 0.5) is 17.2 Å². The number of nitrogens with zero attached hydrogens (tertiary/aromatic N) is 9. The van der Waals surface area contributed by atoms with E-state index in [0.717, 1.165) is 130 Å². The molecule has 19 nitrogen and oxygen atoms in total. The average Bonchev–Trinajstić information content (AvgIpc) is 2.25. The Balaban J connectivity index is 0.000000122. The standard InChI is InChI=1S/C19H26N2O3S.C17H17ClN4.C16H22N2O2S.C14H15N5O/c1-25(22,23)21-8-3-15(4-9-21)18-12-16(14-5-10-24-11-6-14)13-19-17(18)2-7-20-19;18-13-11-15-14(4-6-19-15)16(12-13)21-7-9-22(10-8-21)17-3-1-2-5-20-17;1-3-12-10-15(14-4-7-17-16(14)11-12)13-5-8-18(9-6-13)21(2,19)20;1-10(20)18-2-4-19(5-3-18)14-7-11(8-15)6-13-12(14)9-16-17-13/h2,7,12-15,20H,3-6,8-11H2,1H3;1-6,11-12,19H,7-10H2;4,7,10-11,13,17H,3,5-6,8-9H2,1-2H3;6-7,9H,2-5H2,1H3,(H,16,17). The van der Waals surface area contributed by atoms with Crippen molar-refractivity contribution in [2.75, 3.05) is 119 Å². The van der Waals surface area contributed by atoms with Crippen molar-refractivity contribution < 1.29 is 26.4 Å². The number of sulfonamides is 2. The quantitative estimate of drug-likeness (QED) is 0.106. The molecule has 10 heterocycles. The lowest BCUT2D eigenvalue weighted by Gasteiger charge is -2.37. The summed E-state index contributed by atoms with van der Waals surface area (Å²) in [6.07, 6.45) is 19.0. The number of hydrogen-bond acceptors (Lipinski definition) is 12. The Kier molecular flexibility index (Phi) is 19.4. The summed E-state index contributed by atoms with van der Waals surface area (Å²) < 4.78 is 55.5. The first kappa shape index (κ1) is 62.2. The van der Waals surface area contributed by atoms with Crippen LogP contribution < -0.4 is 14.7 Å². The normalized spacial score (nSPS) is 18.0. The fraction of sp³-hybridized carbons (Fsp3) is 0.424. The molecule has 5 aromatic heterocycles. The fourth-order valence-corrected chi connectivity index (χ4v) is 15.3. The lowest BCUT2D eigenvalue weighted by Crippen LogP contribution is -2.48. The Hall–Kier alpha value is -7.45. The van der Waals surface area contributed by atoms with Gasteiger partial charge >= 0.3 is 0 Å². The molecule has 5 aliphatic rings. The van der Waals surface area contributed by atoms with Crippen LogP contribution in [0.1, 0.15) is 97.9 Å². The number of piperazine rings is 2. The SMILES string of the molecule is CC(=O)N1CCN(c2cc(C#N)cc3[nH]ncc23)CC1.CCc1cc(C2CCN(S(C)(=O)=O)CC2)c2cc[nH]c2c1.CS(=O)(=O)N1CCC(c2cc(C3CCOCC3)cc3[nH]ccc23)CC1.Clc1cc(N2CCN(c3ccccn3)CC2)c2cc[nH]c2c1. The summed E-state index contributed by atoms with van der Waals surface area (Å²) in [7, 11) is -6.12. The first-order valence-electron chi connectivity index (χ1n) is 30.7. The minimum absolute atomic E-state index is 0.115. The van der Waals surface area contributed by atoms with Crippen LogP contribution in [0.3, 0.4) is 0 Å². The second-order valence-electron chi connectivity index (χ2n) is 23.7. The van der Waals surface area contributed by atoms with Crippen molar-refractivity contribution >= 4 is 98.4 Å². The third-order valence-corrected chi connectivity index (χ3v) is 21.1. The highest BCUT2D eigenvalue weighted by molar-refractivity contribution is 7.88. The molecule has 5 aliphatic heterocycles. The van der Waals surface area contributed by atoms with E-state index in [9.17, 15) is 21.6 Å². The maximum absolute atomic E-state index is 11.8. The van der Waals surface area contributed by atoms with E-state index in [1.807, 2.05) is 54.0 Å². The molecule has 14 rings (SSSR count). The highest BCUT2D eigenvalue weighted by Gasteiger charge is 2.30. The van der Waals surface area contributed by atoms with Crippen LogP contribution in [-0.2, 0) is 36.0 Å². The predicted octanol–water partition coefficient (Wildman–Crippen LogP) is 10.7. The van der Waals surface area contributed by atoms with Crippen molar-refractivity contribution in [1.82, 2.24) is 43.6 Å². The summed E-state index contributed by atoms with van der Waals surface area (Å²) in [5.74, 6) is 2.61. The van der Waals surface area contributed by atoms with Gasteiger partial charge in [-0.2, -0.15) is 10.4 Å². The Bertz CT molecular complexity index is 4120. The number of aromatic amines is 4. The highest BCUT2D eigenvalue weighted by atomic mass is 35.5. The monoisotopic (exact) mass is 1250 g/mol. The molecule has 0 bridgehead atoms. The lowest BCUT2D eigenvalue weighted by atomic mass is 9.83. The largest absolute Gasteiger partial charge is 0.381 e. The Morgan fingerprint density at radius 3 is 1.72 bits per heavy atom. The molecule has 1 amide bonds. The van der Waals surface area contributed by atoms with Crippen LogP contribution in [0.25, 0.3) is 43.6 Å². The summed E-state index contributed by atoms with van der Waals surface area (Å²) in [5, 5.41) is 21.7. The van der Waals surface area contributed by atoms with Gasteiger partial charge in [-0.15, -0.1) is 0 Å². The van der Waals surface area contributed by atoms with Gasteiger partial charge in [0, 0.05) is 178 Å². The number of carbonyl (C=O) groups is 1. The van der Waals surface area contributed by atoms with Gasteiger partial charge in [-0.25, -0.2) is 30.4 Å². The van der Waals surface area contributed by atoms with E-state index in [0.29, 0.717) is 62.6 Å². The smallest absolute Gasteiger partial charge is 0.219 e. The van der Waals surface area contributed by atoms with Gasteiger partial charge in [-0.1, -0.05) is 36.7 Å². The number of aryl methyl sites for hydroxylation is 1. The van der Waals surface area contributed by atoms with Crippen LogP contribution >= 0.6 is 11.6 Å². The average molecular weight is 1250 g/mol. The fourth-order valence-electron chi connectivity index (χ4n) is 13.3. The number of H-pyrrole nitrogens is 4. The van der Waals surface area contributed by atoms with Crippen LogP contribution in [0.2, 0.25) is 5.02 Å². The van der Waals surface area contributed by atoms with E-state index in [-0.39, 0.29) is 5.91 Å². The molecule has 5 fully saturated rings. The first-order valence-corrected chi connectivity index (χ1v) is 34.8. The van der Waals surface area contributed by atoms with Crippen LogP contribution in [0.5, 0.6) is 0 Å². The Morgan fingerprint density at radius 2 is 1.16 bits per heavy atom.